The minimum absolute atomic E-state index is 0.234. The van der Waals surface area contributed by atoms with E-state index in [9.17, 15) is 4.79 Å². The van der Waals surface area contributed by atoms with Crippen molar-refractivity contribution >= 4 is 11.8 Å². The average molecular weight is 299 g/mol. The average Bonchev–Trinajstić information content (AvgIpc) is 2.48. The summed E-state index contributed by atoms with van der Waals surface area (Å²) < 4.78 is 5.58. The maximum atomic E-state index is 10.6. The molecule has 0 aliphatic heterocycles. The molecule has 0 aliphatic carbocycles. The summed E-state index contributed by atoms with van der Waals surface area (Å²) in [5.41, 5.74) is 4.10. The first-order chi connectivity index (χ1) is 10.5. The van der Waals surface area contributed by atoms with Gasteiger partial charge in [-0.2, -0.15) is 0 Å². The molecule has 0 heterocycles. The Kier molecular flexibility index (Phi) is 5.55. The van der Waals surface area contributed by atoms with Crippen LogP contribution >= 0.6 is 0 Å². The summed E-state index contributed by atoms with van der Waals surface area (Å²) in [5.74, 6) is 0. The molecule has 0 saturated heterocycles. The quantitative estimate of drug-likeness (QED) is 0.836. The summed E-state index contributed by atoms with van der Waals surface area (Å²) in [7, 11) is 0. The Morgan fingerprint density at radius 2 is 1.50 bits per heavy atom. The lowest BCUT2D eigenvalue weighted by Crippen LogP contribution is -2.06. The van der Waals surface area contributed by atoms with Crippen LogP contribution in [0.15, 0.2) is 48.5 Å². The van der Waals surface area contributed by atoms with Crippen molar-refractivity contribution in [1.29, 1.82) is 0 Å². The minimum Gasteiger partial charge on any atom is -0.465 e. The van der Waals surface area contributed by atoms with Crippen LogP contribution in [-0.4, -0.2) is 17.3 Å². The van der Waals surface area contributed by atoms with Crippen molar-refractivity contribution in [3.63, 3.8) is 0 Å². The summed E-state index contributed by atoms with van der Waals surface area (Å²) in [6, 6.07) is 15.8. The van der Waals surface area contributed by atoms with Gasteiger partial charge in [0.15, 0.2) is 0 Å². The van der Waals surface area contributed by atoms with E-state index in [0.717, 1.165) is 12.0 Å². The lowest BCUT2D eigenvalue weighted by molar-refractivity contribution is 0.0657. The number of benzene rings is 2. The molecule has 2 aromatic carbocycles. The van der Waals surface area contributed by atoms with Crippen LogP contribution in [0.4, 0.5) is 10.5 Å². The molecule has 0 bridgehead atoms. The molecule has 0 radical (unpaired) electrons. The first kappa shape index (κ1) is 16.0. The highest BCUT2D eigenvalue weighted by atomic mass is 16.5. The van der Waals surface area contributed by atoms with Gasteiger partial charge < -0.3 is 9.84 Å². The smallest absolute Gasteiger partial charge is 0.409 e. The van der Waals surface area contributed by atoms with Gasteiger partial charge in [-0.15, -0.1) is 0 Å². The van der Waals surface area contributed by atoms with Gasteiger partial charge >= 0.3 is 6.09 Å². The van der Waals surface area contributed by atoms with Gasteiger partial charge in [-0.3, -0.25) is 5.32 Å². The number of carboxylic acid groups (broad SMARTS) is 1. The third-order valence-electron chi connectivity index (χ3n) is 3.22. The van der Waals surface area contributed by atoms with Gasteiger partial charge in [-0.1, -0.05) is 36.4 Å². The molecular weight excluding hydrogens is 278 g/mol. The molecule has 1 amide bonds. The van der Waals surface area contributed by atoms with Gasteiger partial charge in [0.2, 0.25) is 0 Å². The molecule has 2 rings (SSSR count). The number of hydrogen-bond donors (Lipinski definition) is 2. The van der Waals surface area contributed by atoms with Gasteiger partial charge in [0.1, 0.15) is 0 Å². The second-order valence-corrected chi connectivity index (χ2v) is 5.48. The molecule has 22 heavy (non-hydrogen) atoms. The molecule has 0 atom stereocenters. The minimum atomic E-state index is -1.05. The molecule has 0 aliphatic rings. The molecule has 116 valence electrons. The van der Waals surface area contributed by atoms with E-state index in [1.165, 1.54) is 11.1 Å². The molecule has 2 N–H and O–H groups in total. The highest BCUT2D eigenvalue weighted by Gasteiger charge is 2.01. The van der Waals surface area contributed by atoms with E-state index in [4.69, 9.17) is 9.84 Å². The van der Waals surface area contributed by atoms with Crippen LogP contribution in [0.25, 0.3) is 0 Å². The zero-order valence-corrected chi connectivity index (χ0v) is 12.9. The highest BCUT2D eigenvalue weighted by Crippen LogP contribution is 2.15. The SMILES string of the molecule is CC(C)OCc1ccc(Cc2ccc(NC(=O)O)cc2)cc1. The van der Waals surface area contributed by atoms with E-state index >= 15 is 0 Å². The predicted molar refractivity (Wildman–Crippen MR) is 87.3 cm³/mol. The fourth-order valence-corrected chi connectivity index (χ4v) is 2.08. The number of anilines is 1. The molecule has 4 heteroatoms. The third-order valence-corrected chi connectivity index (χ3v) is 3.22. The van der Waals surface area contributed by atoms with E-state index in [0.29, 0.717) is 12.3 Å². The van der Waals surface area contributed by atoms with Crippen molar-refractivity contribution in [1.82, 2.24) is 0 Å². The molecule has 0 saturated carbocycles. The standard InChI is InChI=1S/C18H21NO3/c1-13(2)22-12-16-5-3-14(4-6-16)11-15-7-9-17(10-8-15)19-18(20)21/h3-10,13,19H,11-12H2,1-2H3,(H,20,21). The van der Waals surface area contributed by atoms with Crippen LogP contribution in [-0.2, 0) is 17.8 Å². The Morgan fingerprint density at radius 3 is 2.00 bits per heavy atom. The molecule has 0 fully saturated rings. The van der Waals surface area contributed by atoms with Crippen LogP contribution in [0.3, 0.4) is 0 Å². The fraction of sp³-hybridized carbons (Fsp3) is 0.278. The predicted octanol–water partition coefficient (Wildman–Crippen LogP) is 4.29. The van der Waals surface area contributed by atoms with Crippen molar-refractivity contribution in [2.75, 3.05) is 5.32 Å². The van der Waals surface area contributed by atoms with E-state index < -0.39 is 6.09 Å². The topological polar surface area (TPSA) is 58.6 Å². The van der Waals surface area contributed by atoms with Gasteiger partial charge in [-0.05, 0) is 49.1 Å². The number of nitrogens with one attached hydrogen (secondary N) is 1. The van der Waals surface area contributed by atoms with Crippen LogP contribution < -0.4 is 5.32 Å². The normalized spacial score (nSPS) is 10.7. The summed E-state index contributed by atoms with van der Waals surface area (Å²) in [5, 5.41) is 11.0. The first-order valence-corrected chi connectivity index (χ1v) is 7.31. The maximum Gasteiger partial charge on any atom is 0.409 e. The zero-order chi connectivity index (χ0) is 15.9. The number of amides is 1. The van der Waals surface area contributed by atoms with E-state index in [-0.39, 0.29) is 6.10 Å². The molecule has 0 aromatic heterocycles. The lowest BCUT2D eigenvalue weighted by atomic mass is 10.0. The Bertz CT molecular complexity index is 603. The Balaban J connectivity index is 1.94. The van der Waals surface area contributed by atoms with E-state index in [2.05, 4.69) is 29.6 Å². The monoisotopic (exact) mass is 299 g/mol. The Labute approximate surface area is 130 Å². The van der Waals surface area contributed by atoms with Crippen LogP contribution in [0.1, 0.15) is 30.5 Å². The van der Waals surface area contributed by atoms with Crippen molar-refractivity contribution in [2.24, 2.45) is 0 Å². The van der Waals surface area contributed by atoms with Gasteiger partial charge in [0, 0.05) is 5.69 Å². The first-order valence-electron chi connectivity index (χ1n) is 7.31. The molecule has 0 unspecified atom stereocenters. The van der Waals surface area contributed by atoms with Crippen molar-refractivity contribution in [2.45, 2.75) is 33.0 Å². The molecule has 4 nitrogen and oxygen atoms in total. The zero-order valence-electron chi connectivity index (χ0n) is 12.9. The second-order valence-electron chi connectivity index (χ2n) is 5.48. The summed E-state index contributed by atoms with van der Waals surface area (Å²) >= 11 is 0. The number of carbonyl (C=O) groups is 1. The number of hydrogen-bond acceptors (Lipinski definition) is 2. The Morgan fingerprint density at radius 1 is 1.00 bits per heavy atom. The fourth-order valence-electron chi connectivity index (χ4n) is 2.08. The van der Waals surface area contributed by atoms with E-state index in [1.807, 2.05) is 26.0 Å². The summed E-state index contributed by atoms with van der Waals surface area (Å²) in [4.78, 5) is 10.6. The van der Waals surface area contributed by atoms with Crippen molar-refractivity contribution in [3.8, 4) is 0 Å². The Hall–Kier alpha value is -2.33. The molecule has 0 spiro atoms. The number of rotatable bonds is 6. The summed E-state index contributed by atoms with van der Waals surface area (Å²) in [6.45, 7) is 4.68. The van der Waals surface area contributed by atoms with Gasteiger partial charge in [0.05, 0.1) is 12.7 Å². The third kappa shape index (κ3) is 5.22. The van der Waals surface area contributed by atoms with Crippen LogP contribution in [0.5, 0.6) is 0 Å². The largest absolute Gasteiger partial charge is 0.465 e. The maximum absolute atomic E-state index is 10.6. The second kappa shape index (κ2) is 7.61. The van der Waals surface area contributed by atoms with Crippen LogP contribution in [0.2, 0.25) is 0 Å². The van der Waals surface area contributed by atoms with Crippen molar-refractivity contribution < 1.29 is 14.6 Å². The van der Waals surface area contributed by atoms with Gasteiger partial charge in [0.25, 0.3) is 0 Å². The van der Waals surface area contributed by atoms with Crippen LogP contribution in [0, 0.1) is 0 Å². The molecular formula is C18H21NO3. The number of ether oxygens (including phenoxy) is 1. The highest BCUT2D eigenvalue weighted by molar-refractivity contribution is 5.82. The molecule has 2 aromatic rings. The van der Waals surface area contributed by atoms with Crippen molar-refractivity contribution in [3.05, 3.63) is 65.2 Å². The van der Waals surface area contributed by atoms with E-state index in [1.54, 1.807) is 12.1 Å². The lowest BCUT2D eigenvalue weighted by Gasteiger charge is -2.08. The van der Waals surface area contributed by atoms with Gasteiger partial charge in [-0.25, -0.2) is 4.79 Å². The summed E-state index contributed by atoms with van der Waals surface area (Å²) in [6.07, 6.45) is 0.00290.